The first-order valence-electron chi connectivity index (χ1n) is 29.0. The van der Waals surface area contributed by atoms with Crippen molar-refractivity contribution in [2.75, 3.05) is 30.0 Å². The lowest BCUT2D eigenvalue weighted by atomic mass is 10.00. The molecule has 99 heavy (non-hydrogen) atoms. The molecule has 0 radical (unpaired) electrons. The largest absolute Gasteiger partial charge is 0.501 e. The molecule has 0 aliphatic heterocycles. The van der Waals surface area contributed by atoms with E-state index in [0.717, 1.165) is 85.5 Å². The van der Waals surface area contributed by atoms with Crippen LogP contribution in [-0.4, -0.2) is 124 Å². The highest BCUT2D eigenvalue weighted by atomic mass is 79.9. The van der Waals surface area contributed by atoms with Gasteiger partial charge in [0.25, 0.3) is 38.9 Å². The molecule has 3 aromatic carbocycles. The van der Waals surface area contributed by atoms with Gasteiger partial charge in [0.15, 0.2) is 5.82 Å². The number of nitrogen functional groups attached to an aromatic ring is 4. The lowest BCUT2D eigenvalue weighted by molar-refractivity contribution is -0.0436. The number of methoxy groups -OCH3 is 1. The zero-order valence-corrected chi connectivity index (χ0v) is 56.3. The van der Waals surface area contributed by atoms with Crippen LogP contribution in [0.1, 0.15) is 99.8 Å². The molecule has 10 aromatic heterocycles. The maximum atomic E-state index is 13.6. The van der Waals surface area contributed by atoms with E-state index in [1.165, 1.54) is 76.3 Å². The smallest absolute Gasteiger partial charge is 0.496 e. The Bertz CT molecular complexity index is 5250. The zero-order valence-electron chi connectivity index (χ0n) is 53.1. The van der Waals surface area contributed by atoms with Crippen LogP contribution in [0.3, 0.4) is 0 Å². The summed E-state index contributed by atoms with van der Waals surface area (Å²) in [6.45, 7) is 10.8. The maximum absolute atomic E-state index is 13.6. The van der Waals surface area contributed by atoms with Gasteiger partial charge < -0.3 is 27.7 Å². The molecule has 1 atom stereocenters. The minimum absolute atomic E-state index is 0. The van der Waals surface area contributed by atoms with Crippen molar-refractivity contribution in [3.05, 3.63) is 200 Å². The monoisotopic (exact) mass is 1470 g/mol. The molecule has 13 aromatic rings. The van der Waals surface area contributed by atoms with E-state index in [-0.39, 0.29) is 30.1 Å². The average molecular weight is 1470 g/mol. The predicted octanol–water partition coefficient (Wildman–Crippen LogP) is 9.84. The first-order chi connectivity index (χ1) is 46.2. The van der Waals surface area contributed by atoms with Crippen LogP contribution in [0.15, 0.2) is 131 Å². The molecule has 0 amide bonds. The van der Waals surface area contributed by atoms with Crippen LogP contribution < -0.4 is 27.7 Å². The van der Waals surface area contributed by atoms with Crippen LogP contribution in [0.5, 0.6) is 5.75 Å². The molecule has 1 unspecified atom stereocenters. The summed E-state index contributed by atoms with van der Waals surface area (Å²) in [6.07, 6.45) is 10.9. The fourth-order valence-corrected chi connectivity index (χ4v) is 12.0. The molecule has 0 saturated heterocycles. The van der Waals surface area contributed by atoms with Crippen LogP contribution in [0.25, 0.3) is 28.9 Å². The van der Waals surface area contributed by atoms with Crippen LogP contribution in [0.2, 0.25) is 0 Å². The maximum Gasteiger partial charge on any atom is 0.501 e. The Hall–Kier alpha value is -10.7. The number of hydrogen-bond acceptors (Lipinski definition) is 22. The van der Waals surface area contributed by atoms with Crippen molar-refractivity contribution < 1.29 is 48.1 Å². The summed E-state index contributed by atoms with van der Waals surface area (Å²) in [5, 5.41) is 17.2. The van der Waals surface area contributed by atoms with E-state index >= 15 is 0 Å². The minimum atomic E-state index is -5.36. The number of hydrogen-bond donors (Lipinski definition) is 4. The number of fused-ring (bicyclic) bond motifs is 4. The Balaban J connectivity index is 0.000000154. The van der Waals surface area contributed by atoms with Gasteiger partial charge in [-0.1, -0.05) is 37.8 Å². The third kappa shape index (κ3) is 15.7. The third-order valence-corrected chi connectivity index (χ3v) is 18.6. The summed E-state index contributed by atoms with van der Waals surface area (Å²) in [7, 11) is -6.36. The number of nitrogens with zero attached hydrogens (tertiary/aromatic N) is 19. The Morgan fingerprint density at radius 1 is 0.535 bits per heavy atom. The SMILES string of the molecule is C.COc1cc(Cc2c(C)nc3ncnn3c2N)ccc1C(C)(F)F.Cc1cnn(-c2nc(Cc3c(C)nc4ncnn4c3N)ccc2Br)c1.Cc1nc2ncnn2c(N)c1Cc1ccc(S(=O)(=O)C(F)(F)F)cc1.Cc1nc2ncnn2c(N)c1Cc1ccc(S(=O)C(C)(F)F)cc1. The van der Waals surface area contributed by atoms with Gasteiger partial charge in [-0.2, -0.15) is 85.4 Å². The van der Waals surface area contributed by atoms with Crippen molar-refractivity contribution in [3.63, 3.8) is 0 Å². The molecule has 0 bridgehead atoms. The molecule has 0 saturated carbocycles. The summed E-state index contributed by atoms with van der Waals surface area (Å²) < 4.78 is 139. The number of ether oxygens (including phenoxy) is 1. The minimum Gasteiger partial charge on any atom is -0.496 e. The molecule has 10 heterocycles. The quantitative estimate of drug-likeness (QED) is 0.0735. The highest BCUT2D eigenvalue weighted by molar-refractivity contribution is 9.10. The van der Waals surface area contributed by atoms with Crippen LogP contribution in [0, 0.1) is 34.6 Å². The number of alkyl halides is 7. The lowest BCUT2D eigenvalue weighted by Gasteiger charge is -2.16. The standard InChI is InChI=1S/C16H15BrN8.C16H17F2N5O.C15H15F2N5OS.C14H12F3N5O2S.CH4/c1-9-6-20-24(7-9)15-13(17)4-3-11(23-15)5-12-10(2)22-16-19-8-21-25(16)14(12)18;1-9-11(14(19)23-15(22-9)20-8-21-23)6-10-4-5-12(16(2,17)18)13(7-10)24-3;1-9-12(13(18)22-14(21-9)19-8-20-22)7-10-3-5-11(6-4-10)24(23)15(2,16)17;1-8-11(12(18)22-13(21-8)19-7-20-22)6-9-2-4-10(5-3-9)25(23,24)14(15,16)17;/h3-4,6-8H,5,18H2,1-2H3;4-5,7-8H,6,19H2,1-3H3;3-6,8H,7,18H2,1-2H3;2-5,7H,6,18H2,1H3;1H4. The van der Waals surface area contributed by atoms with Gasteiger partial charge in [-0.15, -0.1) is 0 Å². The van der Waals surface area contributed by atoms with E-state index in [1.807, 2.05) is 46.0 Å². The normalized spacial score (nSPS) is 12.2. The fourth-order valence-electron chi connectivity index (χ4n) is 10.0. The second-order valence-corrected chi connectivity index (χ2v) is 26.7. The van der Waals surface area contributed by atoms with Gasteiger partial charge in [0.1, 0.15) is 65.1 Å². The second kappa shape index (κ2) is 28.8. The van der Waals surface area contributed by atoms with Gasteiger partial charge in [-0.3, -0.25) is 0 Å². The number of halogens is 8. The molecule has 518 valence electrons. The molecule has 27 nitrogen and oxygen atoms in total. The van der Waals surface area contributed by atoms with Gasteiger partial charge in [-0.05, 0) is 121 Å². The van der Waals surface area contributed by atoms with Gasteiger partial charge in [0.05, 0.1) is 28.2 Å². The number of aryl methyl sites for hydroxylation is 5. The summed E-state index contributed by atoms with van der Waals surface area (Å²) >= 11 is 3.54. The van der Waals surface area contributed by atoms with Crippen LogP contribution in [-0.2, 0) is 52.2 Å². The Morgan fingerprint density at radius 3 is 1.30 bits per heavy atom. The third-order valence-electron chi connectivity index (χ3n) is 15.1. The average Bonchev–Trinajstić information content (AvgIpc) is 1.79. The first kappa shape index (κ1) is 72.6. The Kier molecular flexibility index (Phi) is 21.1. The Labute approximate surface area is 570 Å². The number of pyridine rings is 1. The summed E-state index contributed by atoms with van der Waals surface area (Å²) in [6, 6.07) is 19.2. The van der Waals surface area contributed by atoms with Crippen molar-refractivity contribution in [1.82, 2.24) is 93.1 Å². The van der Waals surface area contributed by atoms with Crippen LogP contribution >= 0.6 is 15.9 Å². The zero-order chi connectivity index (χ0) is 70.9. The van der Waals surface area contributed by atoms with Gasteiger partial charge >= 0.3 is 10.8 Å². The number of nitrogens with two attached hydrogens (primary N) is 4. The molecule has 0 aliphatic carbocycles. The topological polar surface area (TPSA) is 368 Å². The van der Waals surface area contributed by atoms with Crippen molar-refractivity contribution in [3.8, 4) is 11.6 Å². The number of sulfone groups is 1. The Morgan fingerprint density at radius 2 is 0.929 bits per heavy atom. The van der Waals surface area contributed by atoms with E-state index in [9.17, 15) is 43.4 Å². The molecule has 0 fully saturated rings. The predicted molar refractivity (Wildman–Crippen MR) is 357 cm³/mol. The molecule has 0 aliphatic rings. The number of rotatable bonds is 14. The van der Waals surface area contributed by atoms with Crippen molar-refractivity contribution >= 4 is 82.9 Å². The van der Waals surface area contributed by atoms with E-state index in [2.05, 4.69) is 81.3 Å². The molecule has 37 heteroatoms. The highest BCUT2D eigenvalue weighted by Gasteiger charge is 2.47. The number of anilines is 4. The van der Waals surface area contributed by atoms with E-state index in [1.54, 1.807) is 46.6 Å². The van der Waals surface area contributed by atoms with Crippen molar-refractivity contribution in [2.45, 2.75) is 108 Å². The molecule has 0 spiro atoms. The summed E-state index contributed by atoms with van der Waals surface area (Å²) in [5.41, 5.74) is 29.2. The van der Waals surface area contributed by atoms with Crippen LogP contribution in [0.4, 0.5) is 54.0 Å². The first-order valence-corrected chi connectivity index (χ1v) is 32.4. The molecular formula is C62H63BrF7N23O4S2. The molecule has 13 rings (SSSR count). The lowest BCUT2D eigenvalue weighted by Crippen LogP contribution is -2.23. The van der Waals surface area contributed by atoms with E-state index < -0.39 is 42.2 Å². The van der Waals surface area contributed by atoms with Crippen molar-refractivity contribution in [2.24, 2.45) is 0 Å². The molecule has 8 N–H and O–H groups in total. The van der Waals surface area contributed by atoms with Gasteiger partial charge in [0.2, 0.25) is 0 Å². The fraction of sp³-hybridized carbons (Fsp3) is 0.258. The van der Waals surface area contributed by atoms with Gasteiger partial charge in [-0.25, -0.2) is 51.0 Å². The van der Waals surface area contributed by atoms with E-state index in [0.29, 0.717) is 89.4 Å². The second-order valence-electron chi connectivity index (χ2n) is 22.1. The molecular weight excluding hydrogens is 1410 g/mol. The van der Waals surface area contributed by atoms with Gasteiger partial charge in [0, 0.05) is 101 Å². The van der Waals surface area contributed by atoms with E-state index in [4.69, 9.17) is 32.7 Å². The highest BCUT2D eigenvalue weighted by Crippen LogP contribution is 2.37. The summed E-state index contributed by atoms with van der Waals surface area (Å²) in [4.78, 5) is 37.4. The van der Waals surface area contributed by atoms with Crippen molar-refractivity contribution in [1.29, 1.82) is 0 Å². The number of aromatic nitrogens is 19. The summed E-state index contributed by atoms with van der Waals surface area (Å²) in [5.74, 6) is 1.29. The number of benzene rings is 3.